The van der Waals surface area contributed by atoms with Gasteiger partial charge in [-0.25, -0.2) is 17.6 Å². The molecule has 0 saturated heterocycles. The van der Waals surface area contributed by atoms with Crippen LogP contribution in [0.5, 0.6) is 0 Å². The molecule has 0 fully saturated rings. The Bertz CT molecular complexity index is 735. The van der Waals surface area contributed by atoms with Crippen molar-refractivity contribution in [1.82, 2.24) is 0 Å². The van der Waals surface area contributed by atoms with Gasteiger partial charge < -0.3 is 0 Å². The molecule has 0 aromatic heterocycles. The Labute approximate surface area is 140 Å². The van der Waals surface area contributed by atoms with Crippen LogP contribution in [-0.2, 0) is 17.3 Å². The van der Waals surface area contributed by atoms with Gasteiger partial charge in [-0.05, 0) is 46.6 Å². The summed E-state index contributed by atoms with van der Waals surface area (Å²) < 4.78 is 56.2. The molecule has 2 aromatic rings. The van der Waals surface area contributed by atoms with Crippen molar-refractivity contribution in [2.24, 2.45) is 0 Å². The van der Waals surface area contributed by atoms with Crippen LogP contribution in [0.3, 0.4) is 0 Å². The highest BCUT2D eigenvalue weighted by atomic mass is 19.2. The molecule has 0 heterocycles. The Balaban J connectivity index is 2.49. The first-order valence-corrected chi connectivity index (χ1v) is 7.86. The maximum Gasteiger partial charge on any atom is 0.162 e. The van der Waals surface area contributed by atoms with E-state index in [2.05, 4.69) is 0 Å². The lowest BCUT2D eigenvalue weighted by Gasteiger charge is -2.28. The molecule has 0 aliphatic heterocycles. The Morgan fingerprint density at radius 3 is 1.83 bits per heavy atom. The molecule has 0 bridgehead atoms. The van der Waals surface area contributed by atoms with E-state index in [9.17, 15) is 17.6 Å². The normalized spacial score (nSPS) is 12.5. The predicted octanol–water partition coefficient (Wildman–Crippen LogP) is 6.06. The molecule has 0 saturated carbocycles. The quantitative estimate of drug-likeness (QED) is 0.597. The first kappa shape index (κ1) is 18.5. The molecule has 130 valence electrons. The number of hydrogen-bond donors (Lipinski definition) is 0. The van der Waals surface area contributed by atoms with E-state index in [1.807, 2.05) is 0 Å². The largest absolute Gasteiger partial charge is 0.207 e. The summed E-state index contributed by atoms with van der Waals surface area (Å²) in [6.07, 6.45) is 0.186. The van der Waals surface area contributed by atoms with Crippen molar-refractivity contribution in [1.29, 1.82) is 0 Å². The second-order valence-electron chi connectivity index (χ2n) is 7.85. The molecule has 0 spiro atoms. The molecule has 24 heavy (non-hydrogen) atoms. The molecule has 0 nitrogen and oxygen atoms in total. The van der Waals surface area contributed by atoms with E-state index in [0.717, 1.165) is 6.07 Å². The molecule has 0 N–H and O–H groups in total. The Morgan fingerprint density at radius 1 is 0.792 bits per heavy atom. The van der Waals surface area contributed by atoms with Crippen molar-refractivity contribution >= 4 is 0 Å². The van der Waals surface area contributed by atoms with Crippen LogP contribution in [0.2, 0.25) is 0 Å². The molecule has 2 rings (SSSR count). The average molecular weight is 338 g/mol. The summed E-state index contributed by atoms with van der Waals surface area (Å²) >= 11 is 0. The third-order valence-corrected chi connectivity index (χ3v) is 4.18. The van der Waals surface area contributed by atoms with Gasteiger partial charge in [0.15, 0.2) is 11.6 Å². The highest BCUT2D eigenvalue weighted by Crippen LogP contribution is 2.34. The Kier molecular flexibility index (Phi) is 4.80. The minimum absolute atomic E-state index is 0.0490. The lowest BCUT2D eigenvalue weighted by Crippen LogP contribution is -2.25. The molecular weight excluding hydrogens is 316 g/mol. The second-order valence-corrected chi connectivity index (χ2v) is 7.85. The van der Waals surface area contributed by atoms with Gasteiger partial charge in [0, 0.05) is 5.56 Å². The minimum Gasteiger partial charge on any atom is -0.207 e. The summed E-state index contributed by atoms with van der Waals surface area (Å²) in [5, 5.41) is 0. The maximum absolute atomic E-state index is 14.1. The van der Waals surface area contributed by atoms with Crippen LogP contribution in [0.15, 0.2) is 30.3 Å². The van der Waals surface area contributed by atoms with Crippen LogP contribution >= 0.6 is 0 Å². The Morgan fingerprint density at radius 2 is 1.33 bits per heavy atom. The number of rotatable bonds is 3. The average Bonchev–Trinajstić information content (AvgIpc) is 2.40. The number of hydrogen-bond acceptors (Lipinski definition) is 0. The molecule has 0 aliphatic rings. The van der Waals surface area contributed by atoms with Gasteiger partial charge in [0.25, 0.3) is 0 Å². The SMILES string of the molecule is CC(C)(C)c1cc(CC(C)(C)c2c(F)cccc2F)cc(F)c1F. The molecule has 0 radical (unpaired) electrons. The van der Waals surface area contributed by atoms with Gasteiger partial charge in [-0.2, -0.15) is 0 Å². The van der Waals surface area contributed by atoms with Gasteiger partial charge in [0.05, 0.1) is 0 Å². The van der Waals surface area contributed by atoms with E-state index >= 15 is 0 Å². The lowest BCUT2D eigenvalue weighted by atomic mass is 9.77. The van der Waals surface area contributed by atoms with Crippen LogP contribution in [-0.4, -0.2) is 0 Å². The summed E-state index contributed by atoms with van der Waals surface area (Å²) in [5.74, 6) is -3.10. The zero-order chi connectivity index (χ0) is 18.3. The van der Waals surface area contributed by atoms with E-state index in [4.69, 9.17) is 0 Å². The summed E-state index contributed by atoms with van der Waals surface area (Å²) in [5.41, 5.74) is -0.774. The standard InChI is InChI=1S/C20H22F4/c1-19(2,3)13-9-12(10-16(23)18(13)24)11-20(4,5)17-14(21)7-6-8-15(17)22/h6-10H,11H2,1-5H3. The van der Waals surface area contributed by atoms with Crippen molar-refractivity contribution < 1.29 is 17.6 Å². The molecular formula is C20H22F4. The predicted molar refractivity (Wildman–Crippen MR) is 88.1 cm³/mol. The van der Waals surface area contributed by atoms with Crippen molar-refractivity contribution in [2.45, 2.75) is 51.9 Å². The van der Waals surface area contributed by atoms with Crippen molar-refractivity contribution in [2.75, 3.05) is 0 Å². The van der Waals surface area contributed by atoms with E-state index in [1.54, 1.807) is 40.7 Å². The van der Waals surface area contributed by atoms with E-state index in [1.165, 1.54) is 18.2 Å². The van der Waals surface area contributed by atoms with Gasteiger partial charge in [0.1, 0.15) is 11.6 Å². The minimum atomic E-state index is -0.942. The molecule has 0 unspecified atom stereocenters. The molecule has 2 aromatic carbocycles. The summed E-state index contributed by atoms with van der Waals surface area (Å²) in [7, 11) is 0. The van der Waals surface area contributed by atoms with Gasteiger partial charge in [0.2, 0.25) is 0 Å². The molecule has 0 aliphatic carbocycles. The summed E-state index contributed by atoms with van der Waals surface area (Å²) in [4.78, 5) is 0. The smallest absolute Gasteiger partial charge is 0.162 e. The molecule has 4 heteroatoms. The van der Waals surface area contributed by atoms with E-state index in [-0.39, 0.29) is 17.5 Å². The lowest BCUT2D eigenvalue weighted by molar-refractivity contribution is 0.436. The zero-order valence-corrected chi connectivity index (χ0v) is 14.6. The van der Waals surface area contributed by atoms with Crippen LogP contribution in [0, 0.1) is 23.3 Å². The zero-order valence-electron chi connectivity index (χ0n) is 14.6. The topological polar surface area (TPSA) is 0 Å². The van der Waals surface area contributed by atoms with Gasteiger partial charge in [-0.1, -0.05) is 46.8 Å². The number of halogens is 4. The van der Waals surface area contributed by atoms with Gasteiger partial charge >= 0.3 is 0 Å². The van der Waals surface area contributed by atoms with Crippen LogP contribution in [0.1, 0.15) is 51.3 Å². The fraction of sp³-hybridized carbons (Fsp3) is 0.400. The highest BCUT2D eigenvalue weighted by Gasteiger charge is 2.30. The van der Waals surface area contributed by atoms with E-state index < -0.39 is 34.1 Å². The Hall–Kier alpha value is -1.84. The van der Waals surface area contributed by atoms with Crippen LogP contribution < -0.4 is 0 Å². The first-order chi connectivity index (χ1) is 10.9. The summed E-state index contributed by atoms with van der Waals surface area (Å²) in [6, 6.07) is 6.39. The second kappa shape index (κ2) is 6.23. The van der Waals surface area contributed by atoms with Crippen LogP contribution in [0.25, 0.3) is 0 Å². The number of benzene rings is 2. The van der Waals surface area contributed by atoms with Crippen molar-refractivity contribution in [3.63, 3.8) is 0 Å². The van der Waals surface area contributed by atoms with Gasteiger partial charge in [-0.3, -0.25) is 0 Å². The van der Waals surface area contributed by atoms with Crippen molar-refractivity contribution in [3.05, 3.63) is 70.3 Å². The monoisotopic (exact) mass is 338 g/mol. The van der Waals surface area contributed by atoms with Crippen LogP contribution in [0.4, 0.5) is 17.6 Å². The van der Waals surface area contributed by atoms with E-state index in [0.29, 0.717) is 5.56 Å². The van der Waals surface area contributed by atoms with Gasteiger partial charge in [-0.15, -0.1) is 0 Å². The van der Waals surface area contributed by atoms with Crippen molar-refractivity contribution in [3.8, 4) is 0 Å². The third-order valence-electron chi connectivity index (χ3n) is 4.18. The molecule has 0 amide bonds. The fourth-order valence-electron chi connectivity index (χ4n) is 3.04. The third kappa shape index (κ3) is 3.63. The summed E-state index contributed by atoms with van der Waals surface area (Å²) in [6.45, 7) is 8.74. The highest BCUT2D eigenvalue weighted by molar-refractivity contribution is 5.35. The first-order valence-electron chi connectivity index (χ1n) is 7.86. The fourth-order valence-corrected chi connectivity index (χ4v) is 3.04. The maximum atomic E-state index is 14.1. The molecule has 0 atom stereocenters.